The van der Waals surface area contributed by atoms with Gasteiger partial charge in [0.15, 0.2) is 0 Å². The summed E-state index contributed by atoms with van der Waals surface area (Å²) in [6, 6.07) is 0. The minimum atomic E-state index is -0.331. The molecule has 1 aliphatic carbocycles. The molecule has 4 nitrogen and oxygen atoms in total. The van der Waals surface area contributed by atoms with Gasteiger partial charge >= 0.3 is 11.9 Å². The van der Waals surface area contributed by atoms with Crippen LogP contribution in [0.5, 0.6) is 0 Å². The monoisotopic (exact) mass is 354 g/mol. The van der Waals surface area contributed by atoms with Gasteiger partial charge in [0, 0.05) is 0 Å². The standard InChI is InChI=1S/C21H38O4/c1-7-16(3)25-20(23)18-11-9-8-10-17(18)19(22)24-13-12-15(2)14-21(4,5)6/h15-18H,7-14H2,1-6H3. The maximum absolute atomic E-state index is 12.5. The molecule has 1 fully saturated rings. The fraction of sp³-hybridized carbons (Fsp3) is 0.905. The number of hydrogen-bond donors (Lipinski definition) is 0. The molecule has 0 heterocycles. The van der Waals surface area contributed by atoms with Gasteiger partial charge in [-0.15, -0.1) is 0 Å². The third-order valence-corrected chi connectivity index (χ3v) is 5.08. The van der Waals surface area contributed by atoms with Crippen molar-refractivity contribution in [2.45, 2.75) is 92.6 Å². The molecule has 0 aromatic carbocycles. The Kier molecular flexibility index (Phi) is 8.95. The van der Waals surface area contributed by atoms with Crippen LogP contribution in [0.4, 0.5) is 0 Å². The van der Waals surface area contributed by atoms with Gasteiger partial charge in [-0.1, -0.05) is 47.5 Å². The topological polar surface area (TPSA) is 52.6 Å². The van der Waals surface area contributed by atoms with E-state index < -0.39 is 0 Å². The van der Waals surface area contributed by atoms with Gasteiger partial charge < -0.3 is 9.47 Å². The first-order chi connectivity index (χ1) is 11.6. The van der Waals surface area contributed by atoms with Crippen molar-refractivity contribution in [1.82, 2.24) is 0 Å². The predicted octanol–water partition coefficient (Wildman–Crippen LogP) is 5.14. The number of hydrogen-bond acceptors (Lipinski definition) is 4. The van der Waals surface area contributed by atoms with Crippen molar-refractivity contribution in [3.05, 3.63) is 0 Å². The quantitative estimate of drug-likeness (QED) is 0.566. The molecule has 0 radical (unpaired) electrons. The van der Waals surface area contributed by atoms with Crippen molar-refractivity contribution in [3.63, 3.8) is 0 Å². The smallest absolute Gasteiger partial charge is 0.310 e. The molecular formula is C21H38O4. The molecule has 4 atom stereocenters. The minimum Gasteiger partial charge on any atom is -0.465 e. The van der Waals surface area contributed by atoms with E-state index in [1.165, 1.54) is 0 Å². The molecule has 4 unspecified atom stereocenters. The molecule has 0 amide bonds. The maximum Gasteiger partial charge on any atom is 0.310 e. The average molecular weight is 355 g/mol. The van der Waals surface area contributed by atoms with Crippen LogP contribution >= 0.6 is 0 Å². The second-order valence-corrected chi connectivity index (χ2v) is 8.98. The number of carbonyl (C=O) groups excluding carboxylic acids is 2. The van der Waals surface area contributed by atoms with E-state index in [-0.39, 0.29) is 35.3 Å². The second-order valence-electron chi connectivity index (χ2n) is 8.98. The maximum atomic E-state index is 12.5. The van der Waals surface area contributed by atoms with Crippen LogP contribution in [0.15, 0.2) is 0 Å². The summed E-state index contributed by atoms with van der Waals surface area (Å²) in [5, 5.41) is 0. The van der Waals surface area contributed by atoms with Gasteiger partial charge in [0.2, 0.25) is 0 Å². The van der Waals surface area contributed by atoms with E-state index in [9.17, 15) is 9.59 Å². The van der Waals surface area contributed by atoms with E-state index in [2.05, 4.69) is 27.7 Å². The van der Waals surface area contributed by atoms with E-state index in [0.29, 0.717) is 12.5 Å². The van der Waals surface area contributed by atoms with Gasteiger partial charge in [0.25, 0.3) is 0 Å². The van der Waals surface area contributed by atoms with Crippen molar-refractivity contribution in [3.8, 4) is 0 Å². The summed E-state index contributed by atoms with van der Waals surface area (Å²) in [6.45, 7) is 13.2. The van der Waals surface area contributed by atoms with Crippen molar-refractivity contribution in [2.24, 2.45) is 23.2 Å². The summed E-state index contributed by atoms with van der Waals surface area (Å²) in [7, 11) is 0. The zero-order valence-electron chi connectivity index (χ0n) is 17.1. The van der Waals surface area contributed by atoms with Crippen LogP contribution in [0.1, 0.15) is 86.5 Å². The Labute approximate surface area is 154 Å². The molecular weight excluding hydrogens is 316 g/mol. The Hall–Kier alpha value is -1.06. The van der Waals surface area contributed by atoms with E-state index in [1.54, 1.807) is 0 Å². The van der Waals surface area contributed by atoms with Crippen molar-refractivity contribution in [1.29, 1.82) is 0 Å². The summed E-state index contributed by atoms with van der Waals surface area (Å²) < 4.78 is 11.0. The van der Waals surface area contributed by atoms with E-state index in [0.717, 1.165) is 44.9 Å². The van der Waals surface area contributed by atoms with Crippen LogP contribution in [0.2, 0.25) is 0 Å². The normalized spacial score (nSPS) is 23.6. The van der Waals surface area contributed by atoms with Crippen LogP contribution in [0.3, 0.4) is 0 Å². The van der Waals surface area contributed by atoms with Crippen molar-refractivity contribution >= 4 is 11.9 Å². The van der Waals surface area contributed by atoms with Crippen LogP contribution in [-0.2, 0) is 19.1 Å². The molecule has 0 saturated heterocycles. The van der Waals surface area contributed by atoms with E-state index >= 15 is 0 Å². The Morgan fingerprint density at radius 2 is 1.60 bits per heavy atom. The third-order valence-electron chi connectivity index (χ3n) is 5.08. The van der Waals surface area contributed by atoms with Gasteiger partial charge in [0.1, 0.15) is 0 Å². The summed E-state index contributed by atoms with van der Waals surface area (Å²) in [6.07, 6.45) is 6.10. The third kappa shape index (κ3) is 8.24. The number of esters is 2. The summed E-state index contributed by atoms with van der Waals surface area (Å²) in [5.41, 5.74) is 0.289. The lowest BCUT2D eigenvalue weighted by molar-refractivity contribution is -0.165. The highest BCUT2D eigenvalue weighted by Crippen LogP contribution is 2.33. The van der Waals surface area contributed by atoms with Crippen molar-refractivity contribution < 1.29 is 19.1 Å². The highest BCUT2D eigenvalue weighted by atomic mass is 16.5. The Balaban J connectivity index is 2.49. The summed E-state index contributed by atoms with van der Waals surface area (Å²) >= 11 is 0. The Morgan fingerprint density at radius 1 is 1.04 bits per heavy atom. The SMILES string of the molecule is CCC(C)OC(=O)C1CCCCC1C(=O)OCCC(C)CC(C)(C)C. The highest BCUT2D eigenvalue weighted by Gasteiger charge is 2.38. The molecule has 0 bridgehead atoms. The highest BCUT2D eigenvalue weighted by molar-refractivity contribution is 5.82. The molecule has 146 valence electrons. The molecule has 1 aliphatic rings. The largest absolute Gasteiger partial charge is 0.465 e. The fourth-order valence-electron chi connectivity index (χ4n) is 3.68. The van der Waals surface area contributed by atoms with Crippen LogP contribution in [-0.4, -0.2) is 24.6 Å². The zero-order valence-corrected chi connectivity index (χ0v) is 17.1. The van der Waals surface area contributed by atoms with Gasteiger partial charge in [-0.3, -0.25) is 9.59 Å². The van der Waals surface area contributed by atoms with Gasteiger partial charge in [-0.2, -0.15) is 0 Å². The minimum absolute atomic E-state index is 0.0932. The molecule has 1 rings (SSSR count). The molecule has 1 saturated carbocycles. The molecule has 0 aromatic rings. The fourth-order valence-corrected chi connectivity index (χ4v) is 3.68. The first-order valence-electron chi connectivity index (χ1n) is 10.0. The lowest BCUT2D eigenvalue weighted by Gasteiger charge is -2.29. The van der Waals surface area contributed by atoms with Crippen LogP contribution < -0.4 is 0 Å². The number of rotatable bonds is 8. The first kappa shape index (κ1) is 22.0. The molecule has 0 N–H and O–H groups in total. The molecule has 0 aromatic heterocycles. The lowest BCUT2D eigenvalue weighted by atomic mass is 9.79. The van der Waals surface area contributed by atoms with Crippen LogP contribution in [0, 0.1) is 23.2 Å². The van der Waals surface area contributed by atoms with E-state index in [4.69, 9.17) is 9.47 Å². The lowest BCUT2D eigenvalue weighted by Crippen LogP contribution is -2.36. The number of carbonyl (C=O) groups is 2. The summed E-state index contributed by atoms with van der Waals surface area (Å²) in [4.78, 5) is 24.9. The van der Waals surface area contributed by atoms with Gasteiger partial charge in [0.05, 0.1) is 24.5 Å². The van der Waals surface area contributed by atoms with E-state index in [1.807, 2.05) is 13.8 Å². The summed E-state index contributed by atoms with van der Waals surface area (Å²) in [5.74, 6) is -0.582. The molecule has 25 heavy (non-hydrogen) atoms. The zero-order chi connectivity index (χ0) is 19.0. The molecule has 0 spiro atoms. The van der Waals surface area contributed by atoms with Gasteiger partial charge in [-0.25, -0.2) is 0 Å². The number of ether oxygens (including phenoxy) is 2. The average Bonchev–Trinajstić information content (AvgIpc) is 2.52. The first-order valence-corrected chi connectivity index (χ1v) is 10.0. The molecule has 4 heteroatoms. The predicted molar refractivity (Wildman–Crippen MR) is 100 cm³/mol. The van der Waals surface area contributed by atoms with Gasteiger partial charge in [-0.05, 0) is 50.4 Å². The second kappa shape index (κ2) is 10.2. The Bertz CT molecular complexity index is 424. The van der Waals surface area contributed by atoms with Crippen LogP contribution in [0.25, 0.3) is 0 Å². The Morgan fingerprint density at radius 3 is 2.12 bits per heavy atom. The van der Waals surface area contributed by atoms with Crippen molar-refractivity contribution in [2.75, 3.05) is 6.61 Å². The molecule has 0 aliphatic heterocycles.